The second kappa shape index (κ2) is 12.9. The summed E-state index contributed by atoms with van der Waals surface area (Å²) in [5, 5.41) is 3.27. The Kier molecular flexibility index (Phi) is 9.99. The third kappa shape index (κ3) is 7.58. The van der Waals surface area contributed by atoms with Crippen molar-refractivity contribution in [3.05, 3.63) is 97.9 Å². The number of rotatable bonds is 10. The standard InChI is InChI=1S/C26H25Br2ClN2O3/c1-2-30-26(33)23(14-18-7-4-3-5-8-18)31(16-19-9-6-10-20(27)13-19)25(32)17-34-24-12-11-21(28)15-22(24)29/h3-13,15,23H,2,14,16-17H2,1H3,(H,30,33)/t23-/m1/s1. The average molecular weight is 609 g/mol. The first kappa shape index (κ1) is 26.3. The van der Waals surface area contributed by atoms with Gasteiger partial charge >= 0.3 is 0 Å². The minimum atomic E-state index is -0.710. The predicted molar refractivity (Wildman–Crippen MR) is 142 cm³/mol. The fourth-order valence-electron chi connectivity index (χ4n) is 3.49. The summed E-state index contributed by atoms with van der Waals surface area (Å²) in [6, 6.07) is 21.8. The van der Waals surface area contributed by atoms with Crippen LogP contribution in [0.5, 0.6) is 5.75 Å². The van der Waals surface area contributed by atoms with Crippen molar-refractivity contribution in [1.82, 2.24) is 10.2 Å². The lowest BCUT2D eigenvalue weighted by atomic mass is 10.0. The number of amides is 2. The zero-order valence-corrected chi connectivity index (χ0v) is 22.6. The van der Waals surface area contributed by atoms with Crippen LogP contribution in [-0.2, 0) is 22.6 Å². The summed E-state index contributed by atoms with van der Waals surface area (Å²) in [5.41, 5.74) is 1.86. The summed E-state index contributed by atoms with van der Waals surface area (Å²) in [6.07, 6.45) is 0.380. The molecule has 0 aliphatic carbocycles. The Labute approximate surface area is 221 Å². The monoisotopic (exact) mass is 606 g/mol. The minimum absolute atomic E-state index is 0.212. The van der Waals surface area contributed by atoms with E-state index in [1.54, 1.807) is 23.1 Å². The number of carbonyl (C=O) groups excluding carboxylic acids is 2. The number of carbonyl (C=O) groups is 2. The van der Waals surface area contributed by atoms with Crippen LogP contribution < -0.4 is 10.1 Å². The van der Waals surface area contributed by atoms with Crippen LogP contribution >= 0.6 is 43.5 Å². The van der Waals surface area contributed by atoms with Gasteiger partial charge in [-0.2, -0.15) is 0 Å². The van der Waals surface area contributed by atoms with Crippen molar-refractivity contribution >= 4 is 55.3 Å². The van der Waals surface area contributed by atoms with E-state index >= 15 is 0 Å². The van der Waals surface area contributed by atoms with Gasteiger partial charge in [-0.25, -0.2) is 0 Å². The van der Waals surface area contributed by atoms with Crippen molar-refractivity contribution in [1.29, 1.82) is 0 Å². The molecule has 3 aromatic carbocycles. The normalized spacial score (nSPS) is 11.5. The van der Waals surface area contributed by atoms with Crippen LogP contribution in [0.2, 0.25) is 5.02 Å². The van der Waals surface area contributed by atoms with Crippen molar-refractivity contribution in [3.63, 3.8) is 0 Å². The lowest BCUT2D eigenvalue weighted by molar-refractivity contribution is -0.142. The summed E-state index contributed by atoms with van der Waals surface area (Å²) in [7, 11) is 0. The first-order valence-electron chi connectivity index (χ1n) is 10.8. The lowest BCUT2D eigenvalue weighted by Crippen LogP contribution is -2.51. The molecular weight excluding hydrogens is 584 g/mol. The second-order valence-corrected chi connectivity index (χ2v) is 9.85. The van der Waals surface area contributed by atoms with Crippen LogP contribution in [0.25, 0.3) is 0 Å². The van der Waals surface area contributed by atoms with Gasteiger partial charge in [0.2, 0.25) is 5.91 Å². The quantitative estimate of drug-likeness (QED) is 0.306. The SMILES string of the molecule is CCNC(=O)[C@@H](Cc1ccccc1)N(Cc1cccc(Br)c1)C(=O)COc1ccc(Br)cc1Cl. The number of hydrogen-bond acceptors (Lipinski definition) is 3. The number of ether oxygens (including phenoxy) is 1. The number of halogens is 3. The second-order valence-electron chi connectivity index (χ2n) is 7.62. The maximum Gasteiger partial charge on any atom is 0.261 e. The van der Waals surface area contributed by atoms with Gasteiger partial charge in [0.25, 0.3) is 5.91 Å². The molecule has 3 aromatic rings. The summed E-state index contributed by atoms with van der Waals surface area (Å²) < 4.78 is 7.46. The minimum Gasteiger partial charge on any atom is -0.482 e. The number of nitrogens with one attached hydrogen (secondary N) is 1. The van der Waals surface area contributed by atoms with E-state index in [9.17, 15) is 9.59 Å². The summed E-state index contributed by atoms with van der Waals surface area (Å²) in [5.74, 6) is -0.124. The van der Waals surface area contributed by atoms with Crippen molar-refractivity contribution < 1.29 is 14.3 Å². The third-order valence-electron chi connectivity index (χ3n) is 5.11. The fraction of sp³-hybridized carbons (Fsp3) is 0.231. The van der Waals surface area contributed by atoms with E-state index in [1.807, 2.05) is 61.5 Å². The maximum absolute atomic E-state index is 13.5. The van der Waals surface area contributed by atoms with Gasteiger partial charge in [0.15, 0.2) is 6.61 Å². The fourth-order valence-corrected chi connectivity index (χ4v) is 4.67. The number of hydrogen-bond donors (Lipinski definition) is 1. The van der Waals surface area contributed by atoms with Crippen LogP contribution in [0.4, 0.5) is 0 Å². The molecule has 0 saturated carbocycles. The summed E-state index contributed by atoms with van der Waals surface area (Å²) in [6.45, 7) is 2.33. The van der Waals surface area contributed by atoms with Crippen LogP contribution in [0, 0.1) is 0 Å². The highest BCUT2D eigenvalue weighted by molar-refractivity contribution is 9.10. The Morgan fingerprint density at radius 3 is 2.35 bits per heavy atom. The van der Waals surface area contributed by atoms with E-state index in [-0.39, 0.29) is 25.0 Å². The Morgan fingerprint density at radius 2 is 1.68 bits per heavy atom. The van der Waals surface area contributed by atoms with Crippen molar-refractivity contribution in [2.75, 3.05) is 13.2 Å². The molecule has 5 nitrogen and oxygen atoms in total. The van der Waals surface area contributed by atoms with Gasteiger partial charge in [-0.15, -0.1) is 0 Å². The molecule has 0 bridgehead atoms. The average Bonchev–Trinajstić information content (AvgIpc) is 2.81. The zero-order chi connectivity index (χ0) is 24.5. The van der Waals surface area contributed by atoms with E-state index in [2.05, 4.69) is 37.2 Å². The Hall–Kier alpha value is -2.35. The zero-order valence-electron chi connectivity index (χ0n) is 18.6. The molecule has 0 fully saturated rings. The highest BCUT2D eigenvalue weighted by atomic mass is 79.9. The molecule has 8 heteroatoms. The Bertz CT molecular complexity index is 1130. The first-order chi connectivity index (χ1) is 16.4. The molecule has 0 unspecified atom stereocenters. The largest absolute Gasteiger partial charge is 0.482 e. The van der Waals surface area contributed by atoms with Crippen LogP contribution in [0.3, 0.4) is 0 Å². The van der Waals surface area contributed by atoms with Gasteiger partial charge in [-0.3, -0.25) is 9.59 Å². The van der Waals surface area contributed by atoms with Gasteiger partial charge in [0.05, 0.1) is 5.02 Å². The van der Waals surface area contributed by atoms with Crippen LogP contribution in [0.1, 0.15) is 18.1 Å². The molecule has 0 spiro atoms. The molecule has 1 atom stereocenters. The van der Waals surface area contributed by atoms with Gasteiger partial charge in [0.1, 0.15) is 11.8 Å². The first-order valence-corrected chi connectivity index (χ1v) is 12.8. The summed E-state index contributed by atoms with van der Waals surface area (Å²) in [4.78, 5) is 28.2. The maximum atomic E-state index is 13.5. The van der Waals surface area contributed by atoms with Crippen molar-refractivity contribution in [2.45, 2.75) is 25.9 Å². The van der Waals surface area contributed by atoms with Gasteiger partial charge in [-0.1, -0.05) is 85.9 Å². The summed E-state index contributed by atoms with van der Waals surface area (Å²) >= 11 is 13.1. The molecule has 0 heterocycles. The number of benzene rings is 3. The van der Waals surface area contributed by atoms with E-state index < -0.39 is 6.04 Å². The predicted octanol–water partition coefficient (Wildman–Crippen LogP) is 6.02. The highest BCUT2D eigenvalue weighted by Gasteiger charge is 2.30. The van der Waals surface area contributed by atoms with Crippen LogP contribution in [0.15, 0.2) is 81.7 Å². The van der Waals surface area contributed by atoms with Crippen LogP contribution in [-0.4, -0.2) is 35.9 Å². The van der Waals surface area contributed by atoms with E-state index in [1.165, 1.54) is 0 Å². The van der Waals surface area contributed by atoms with Gasteiger partial charge < -0.3 is 15.0 Å². The molecule has 0 radical (unpaired) electrons. The Balaban J connectivity index is 1.90. The number of nitrogens with zero attached hydrogens (tertiary/aromatic N) is 1. The third-order valence-corrected chi connectivity index (χ3v) is 6.39. The van der Waals surface area contributed by atoms with Crippen molar-refractivity contribution in [2.24, 2.45) is 0 Å². The molecule has 178 valence electrons. The van der Waals surface area contributed by atoms with Gasteiger partial charge in [-0.05, 0) is 48.4 Å². The van der Waals surface area contributed by atoms with Crippen molar-refractivity contribution in [3.8, 4) is 5.75 Å². The molecule has 0 aliphatic rings. The van der Waals surface area contributed by atoms with E-state index in [0.717, 1.165) is 20.1 Å². The smallest absolute Gasteiger partial charge is 0.261 e. The highest BCUT2D eigenvalue weighted by Crippen LogP contribution is 2.28. The molecule has 34 heavy (non-hydrogen) atoms. The Morgan fingerprint density at radius 1 is 0.971 bits per heavy atom. The molecular formula is C26H25Br2ClN2O3. The topological polar surface area (TPSA) is 58.6 Å². The van der Waals surface area contributed by atoms with E-state index in [4.69, 9.17) is 16.3 Å². The molecule has 3 rings (SSSR count). The lowest BCUT2D eigenvalue weighted by Gasteiger charge is -2.31. The van der Waals surface area contributed by atoms with E-state index in [0.29, 0.717) is 23.7 Å². The van der Waals surface area contributed by atoms with Gasteiger partial charge in [0, 0.05) is 28.5 Å². The number of likely N-dealkylation sites (N-methyl/N-ethyl adjacent to an activating group) is 1. The molecule has 0 saturated heterocycles. The molecule has 0 aromatic heterocycles. The molecule has 2 amide bonds. The molecule has 1 N–H and O–H groups in total. The molecule has 0 aliphatic heterocycles.